The molecule has 7 heteroatoms. The molecule has 0 unspecified atom stereocenters. The zero-order chi connectivity index (χ0) is 20.6. The van der Waals surface area contributed by atoms with Crippen molar-refractivity contribution in [3.05, 3.63) is 11.7 Å². The van der Waals surface area contributed by atoms with E-state index < -0.39 is 0 Å². The van der Waals surface area contributed by atoms with Crippen LogP contribution >= 0.6 is 0 Å². The lowest BCUT2D eigenvalue weighted by Gasteiger charge is -2.34. The fourth-order valence-corrected chi connectivity index (χ4v) is 5.44. The van der Waals surface area contributed by atoms with Crippen LogP contribution in [0.3, 0.4) is 0 Å². The standard InChI is InChI=1S/C22H37N5O2/c1-15(18-12-16-5-6-17(18)11-16)23-20(28)14-27-9-7-26(8-10-27)13-19-24-21(29-25-19)22(2,3)4/h15-18H,5-14H2,1-4H3,(H,23,28)/t15-,16-,17-,18+/m0/s1. The minimum Gasteiger partial charge on any atom is -0.352 e. The SMILES string of the molecule is C[C@H](NC(=O)CN1CCN(Cc2noc(C(C)(C)C)n2)CC1)[C@H]1C[C@H]2CC[C@H]1C2. The van der Waals surface area contributed by atoms with Crippen molar-refractivity contribution in [2.24, 2.45) is 17.8 Å². The molecule has 2 heterocycles. The topological polar surface area (TPSA) is 74.5 Å². The van der Waals surface area contributed by atoms with Gasteiger partial charge in [0, 0.05) is 37.6 Å². The monoisotopic (exact) mass is 403 g/mol. The van der Waals surface area contributed by atoms with Gasteiger partial charge in [-0.2, -0.15) is 4.98 Å². The maximum atomic E-state index is 12.6. The first-order chi connectivity index (χ1) is 13.8. The third kappa shape index (κ3) is 5.00. The molecule has 7 nitrogen and oxygen atoms in total. The minimum atomic E-state index is -0.119. The summed E-state index contributed by atoms with van der Waals surface area (Å²) in [6, 6.07) is 0.314. The summed E-state index contributed by atoms with van der Waals surface area (Å²) in [4.78, 5) is 21.7. The van der Waals surface area contributed by atoms with E-state index in [1.165, 1.54) is 25.7 Å². The number of aromatic nitrogens is 2. The van der Waals surface area contributed by atoms with E-state index in [1.54, 1.807) is 0 Å². The molecule has 2 bridgehead atoms. The number of rotatable bonds is 6. The molecule has 1 aromatic heterocycles. The molecule has 0 aromatic carbocycles. The second-order valence-corrected chi connectivity index (χ2v) is 10.5. The number of piperazine rings is 1. The van der Waals surface area contributed by atoms with Crippen LogP contribution in [-0.2, 0) is 16.8 Å². The summed E-state index contributed by atoms with van der Waals surface area (Å²) >= 11 is 0. The molecule has 3 fully saturated rings. The predicted octanol–water partition coefficient (Wildman–Crippen LogP) is 2.43. The second kappa shape index (κ2) is 8.34. The molecule has 2 aliphatic carbocycles. The lowest BCUT2D eigenvalue weighted by Crippen LogP contribution is -2.51. The molecule has 1 N–H and O–H groups in total. The summed E-state index contributed by atoms with van der Waals surface area (Å²) in [6.45, 7) is 13.3. The zero-order valence-corrected chi connectivity index (χ0v) is 18.5. The maximum absolute atomic E-state index is 12.6. The van der Waals surface area contributed by atoms with Gasteiger partial charge in [-0.3, -0.25) is 14.6 Å². The molecule has 1 saturated heterocycles. The third-order valence-corrected chi connectivity index (χ3v) is 7.13. The highest BCUT2D eigenvalue weighted by Gasteiger charge is 2.42. The van der Waals surface area contributed by atoms with Crippen LogP contribution in [0.15, 0.2) is 4.52 Å². The van der Waals surface area contributed by atoms with Crippen molar-refractivity contribution in [3.8, 4) is 0 Å². The largest absolute Gasteiger partial charge is 0.352 e. The van der Waals surface area contributed by atoms with E-state index in [-0.39, 0.29) is 11.3 Å². The fraction of sp³-hybridized carbons (Fsp3) is 0.864. The molecule has 0 radical (unpaired) electrons. The smallest absolute Gasteiger partial charge is 0.234 e. The number of carbonyl (C=O) groups is 1. The number of nitrogens with zero attached hydrogens (tertiary/aromatic N) is 4. The Morgan fingerprint density at radius 2 is 1.90 bits per heavy atom. The molecule has 1 amide bonds. The number of nitrogens with one attached hydrogen (secondary N) is 1. The van der Waals surface area contributed by atoms with E-state index in [2.05, 4.69) is 53.0 Å². The van der Waals surface area contributed by atoms with Crippen LogP contribution in [0.4, 0.5) is 0 Å². The first kappa shape index (κ1) is 20.8. The molecule has 1 aliphatic heterocycles. The number of hydrogen-bond donors (Lipinski definition) is 1. The first-order valence-electron chi connectivity index (χ1n) is 11.3. The molecular formula is C22H37N5O2. The highest BCUT2D eigenvalue weighted by molar-refractivity contribution is 5.78. The summed E-state index contributed by atoms with van der Waals surface area (Å²) in [5, 5.41) is 7.42. The van der Waals surface area contributed by atoms with E-state index >= 15 is 0 Å². The summed E-state index contributed by atoms with van der Waals surface area (Å²) < 4.78 is 5.39. The Labute approximate surface area is 174 Å². The van der Waals surface area contributed by atoms with E-state index in [9.17, 15) is 4.79 Å². The Bertz CT molecular complexity index is 704. The van der Waals surface area contributed by atoms with Crippen molar-refractivity contribution in [3.63, 3.8) is 0 Å². The lowest BCUT2D eigenvalue weighted by atomic mass is 9.84. The molecule has 1 aromatic rings. The molecule has 4 rings (SSSR count). The first-order valence-corrected chi connectivity index (χ1v) is 11.3. The van der Waals surface area contributed by atoms with Gasteiger partial charge in [0.05, 0.1) is 13.1 Å². The molecule has 29 heavy (non-hydrogen) atoms. The van der Waals surface area contributed by atoms with Gasteiger partial charge < -0.3 is 9.84 Å². The number of amides is 1. The van der Waals surface area contributed by atoms with Crippen LogP contribution < -0.4 is 5.32 Å². The number of fused-ring (bicyclic) bond motifs is 2. The Kier molecular flexibility index (Phi) is 5.98. The van der Waals surface area contributed by atoms with Gasteiger partial charge in [0.25, 0.3) is 0 Å². The van der Waals surface area contributed by atoms with Crippen molar-refractivity contribution in [2.45, 2.75) is 71.4 Å². The number of hydrogen-bond acceptors (Lipinski definition) is 6. The summed E-state index contributed by atoms with van der Waals surface area (Å²) in [7, 11) is 0. The van der Waals surface area contributed by atoms with Crippen molar-refractivity contribution >= 4 is 5.91 Å². The molecule has 3 aliphatic rings. The second-order valence-electron chi connectivity index (χ2n) is 10.5. The summed E-state index contributed by atoms with van der Waals surface area (Å²) in [5.41, 5.74) is -0.119. The average molecular weight is 404 g/mol. The van der Waals surface area contributed by atoms with Gasteiger partial charge in [-0.05, 0) is 43.9 Å². The van der Waals surface area contributed by atoms with Crippen LogP contribution in [0.25, 0.3) is 0 Å². The molecule has 162 valence electrons. The lowest BCUT2D eigenvalue weighted by molar-refractivity contribution is -0.123. The quantitative estimate of drug-likeness (QED) is 0.786. The van der Waals surface area contributed by atoms with Gasteiger partial charge in [0.15, 0.2) is 5.82 Å². The van der Waals surface area contributed by atoms with Crippen LogP contribution in [-0.4, -0.2) is 64.6 Å². The van der Waals surface area contributed by atoms with Crippen molar-refractivity contribution in [1.82, 2.24) is 25.3 Å². The van der Waals surface area contributed by atoms with Gasteiger partial charge in [-0.25, -0.2) is 0 Å². The van der Waals surface area contributed by atoms with Crippen LogP contribution in [0.2, 0.25) is 0 Å². The van der Waals surface area contributed by atoms with E-state index in [1.807, 2.05) is 0 Å². The van der Waals surface area contributed by atoms with Gasteiger partial charge in [0.1, 0.15) is 0 Å². The van der Waals surface area contributed by atoms with Gasteiger partial charge >= 0.3 is 0 Å². The van der Waals surface area contributed by atoms with Crippen LogP contribution in [0.5, 0.6) is 0 Å². The molecule has 4 atom stereocenters. The Morgan fingerprint density at radius 1 is 1.17 bits per heavy atom. The van der Waals surface area contributed by atoms with Crippen molar-refractivity contribution in [2.75, 3.05) is 32.7 Å². The predicted molar refractivity (Wildman–Crippen MR) is 111 cm³/mol. The van der Waals surface area contributed by atoms with Crippen LogP contribution in [0.1, 0.15) is 65.1 Å². The third-order valence-electron chi connectivity index (χ3n) is 7.13. The van der Waals surface area contributed by atoms with Crippen molar-refractivity contribution < 1.29 is 9.32 Å². The van der Waals surface area contributed by atoms with E-state index in [0.29, 0.717) is 30.9 Å². The van der Waals surface area contributed by atoms with Gasteiger partial charge in [0.2, 0.25) is 11.8 Å². The Balaban J connectivity index is 1.18. The van der Waals surface area contributed by atoms with Crippen LogP contribution in [0, 0.1) is 17.8 Å². The Morgan fingerprint density at radius 3 is 2.48 bits per heavy atom. The van der Waals surface area contributed by atoms with E-state index in [4.69, 9.17) is 4.52 Å². The number of carbonyl (C=O) groups excluding carboxylic acids is 1. The summed E-state index contributed by atoms with van der Waals surface area (Å²) in [5.74, 6) is 4.09. The highest BCUT2D eigenvalue weighted by atomic mass is 16.5. The average Bonchev–Trinajstić information content (AvgIpc) is 3.39. The molecule has 2 saturated carbocycles. The van der Waals surface area contributed by atoms with Gasteiger partial charge in [-0.15, -0.1) is 0 Å². The molecular weight excluding hydrogens is 366 g/mol. The van der Waals surface area contributed by atoms with E-state index in [0.717, 1.165) is 43.8 Å². The summed E-state index contributed by atoms with van der Waals surface area (Å²) in [6.07, 6.45) is 5.49. The Hall–Kier alpha value is -1.47. The maximum Gasteiger partial charge on any atom is 0.234 e. The normalized spacial score (nSPS) is 29.3. The van der Waals surface area contributed by atoms with Crippen molar-refractivity contribution in [1.29, 1.82) is 0 Å². The minimum absolute atomic E-state index is 0.119. The van der Waals surface area contributed by atoms with Gasteiger partial charge in [-0.1, -0.05) is 32.3 Å². The molecule has 0 spiro atoms. The zero-order valence-electron chi connectivity index (χ0n) is 18.5. The fourth-order valence-electron chi connectivity index (χ4n) is 5.44. The highest BCUT2D eigenvalue weighted by Crippen LogP contribution is 2.49.